The first-order valence-corrected chi connectivity index (χ1v) is 7.05. The van der Waals surface area contributed by atoms with Crippen LogP contribution in [0.3, 0.4) is 0 Å². The highest BCUT2D eigenvalue weighted by atomic mass is 19.1. The van der Waals surface area contributed by atoms with Gasteiger partial charge in [-0.1, -0.05) is 48.0 Å². The zero-order valence-corrected chi connectivity index (χ0v) is 12.3. The molecule has 0 aliphatic rings. The maximum Gasteiger partial charge on any atom is 0.123 e. The van der Waals surface area contributed by atoms with Gasteiger partial charge in [0, 0.05) is 28.1 Å². The number of halogens is 1. The van der Waals surface area contributed by atoms with E-state index in [1.165, 1.54) is 12.1 Å². The second kappa shape index (κ2) is 6.02. The minimum absolute atomic E-state index is 0.297. The van der Waals surface area contributed by atoms with Crippen LogP contribution in [0.25, 0.3) is 11.1 Å². The summed E-state index contributed by atoms with van der Waals surface area (Å²) in [5.41, 5.74) is 3.67. The van der Waals surface area contributed by atoms with Gasteiger partial charge in [-0.05, 0) is 42.7 Å². The SMILES string of the molecule is [2H]C([2H])([2H])c1ccc(N(C)c2ccc(F)cc2-c2ccccc2)cc1. The molecule has 0 saturated carbocycles. The van der Waals surface area contributed by atoms with Gasteiger partial charge in [0.05, 0.1) is 0 Å². The molecule has 3 aromatic carbocycles. The molecule has 0 aliphatic carbocycles. The lowest BCUT2D eigenvalue weighted by atomic mass is 10.0. The van der Waals surface area contributed by atoms with E-state index >= 15 is 0 Å². The summed E-state index contributed by atoms with van der Waals surface area (Å²) in [5.74, 6) is -0.297. The predicted molar refractivity (Wildman–Crippen MR) is 91.1 cm³/mol. The second-order valence-electron chi connectivity index (χ2n) is 5.13. The van der Waals surface area contributed by atoms with E-state index in [1.807, 2.05) is 42.3 Å². The van der Waals surface area contributed by atoms with E-state index in [2.05, 4.69) is 0 Å². The largest absolute Gasteiger partial charge is 0.344 e. The van der Waals surface area contributed by atoms with E-state index in [1.54, 1.807) is 30.3 Å². The number of benzene rings is 3. The van der Waals surface area contributed by atoms with Crippen LogP contribution >= 0.6 is 0 Å². The molecule has 0 unspecified atom stereocenters. The van der Waals surface area contributed by atoms with Crippen molar-refractivity contribution in [1.29, 1.82) is 0 Å². The van der Waals surface area contributed by atoms with Gasteiger partial charge in [0.1, 0.15) is 5.82 Å². The Kier molecular flexibility index (Phi) is 3.02. The highest BCUT2D eigenvalue weighted by molar-refractivity contribution is 5.82. The van der Waals surface area contributed by atoms with Crippen LogP contribution in [0.5, 0.6) is 0 Å². The lowest BCUT2D eigenvalue weighted by molar-refractivity contribution is 0.628. The smallest absolute Gasteiger partial charge is 0.123 e. The fourth-order valence-electron chi connectivity index (χ4n) is 2.47. The van der Waals surface area contributed by atoms with Gasteiger partial charge in [-0.2, -0.15) is 0 Å². The molecule has 1 nitrogen and oxygen atoms in total. The van der Waals surface area contributed by atoms with Crippen LogP contribution in [0.4, 0.5) is 15.8 Å². The van der Waals surface area contributed by atoms with E-state index in [-0.39, 0.29) is 5.82 Å². The first kappa shape index (κ1) is 11.0. The van der Waals surface area contributed by atoms with Crippen molar-refractivity contribution in [3.8, 4) is 11.1 Å². The highest BCUT2D eigenvalue weighted by Gasteiger charge is 2.12. The van der Waals surface area contributed by atoms with Gasteiger partial charge in [-0.25, -0.2) is 4.39 Å². The molecule has 0 aliphatic heterocycles. The lowest BCUT2D eigenvalue weighted by Gasteiger charge is -2.23. The van der Waals surface area contributed by atoms with E-state index in [0.29, 0.717) is 5.56 Å². The molecule has 0 atom stereocenters. The van der Waals surface area contributed by atoms with E-state index in [4.69, 9.17) is 4.11 Å². The van der Waals surface area contributed by atoms with Gasteiger partial charge in [0.2, 0.25) is 0 Å². The Morgan fingerprint density at radius 3 is 2.32 bits per heavy atom. The second-order valence-corrected chi connectivity index (χ2v) is 5.13. The molecule has 0 radical (unpaired) electrons. The van der Waals surface area contributed by atoms with Crippen molar-refractivity contribution in [2.75, 3.05) is 11.9 Å². The normalized spacial score (nSPS) is 13.1. The summed E-state index contributed by atoms with van der Waals surface area (Å²) in [6, 6.07) is 21.0. The molecule has 3 aromatic rings. The van der Waals surface area contributed by atoms with Gasteiger partial charge in [-0.3, -0.25) is 0 Å². The third kappa shape index (κ3) is 2.86. The fourth-order valence-corrected chi connectivity index (χ4v) is 2.47. The van der Waals surface area contributed by atoms with Crippen LogP contribution in [0, 0.1) is 12.7 Å². The highest BCUT2D eigenvalue weighted by Crippen LogP contribution is 2.34. The first-order valence-electron chi connectivity index (χ1n) is 8.55. The zero-order chi connectivity index (χ0) is 18.0. The quantitative estimate of drug-likeness (QED) is 0.610. The predicted octanol–water partition coefficient (Wildman–Crippen LogP) is 5.57. The van der Waals surface area contributed by atoms with Crippen molar-refractivity contribution in [2.45, 2.75) is 6.85 Å². The molecule has 2 heteroatoms. The van der Waals surface area contributed by atoms with Crippen LogP contribution in [0.15, 0.2) is 72.8 Å². The van der Waals surface area contributed by atoms with Crippen molar-refractivity contribution in [3.05, 3.63) is 84.2 Å². The Morgan fingerprint density at radius 1 is 0.909 bits per heavy atom. The average Bonchev–Trinajstić information content (AvgIpc) is 2.61. The zero-order valence-electron chi connectivity index (χ0n) is 15.3. The molecular formula is C20H18FN. The minimum atomic E-state index is -2.12. The summed E-state index contributed by atoms with van der Waals surface area (Å²) >= 11 is 0. The molecule has 22 heavy (non-hydrogen) atoms. The number of hydrogen-bond acceptors (Lipinski definition) is 1. The number of hydrogen-bond donors (Lipinski definition) is 0. The molecule has 0 spiro atoms. The van der Waals surface area contributed by atoms with Crippen molar-refractivity contribution in [3.63, 3.8) is 0 Å². The average molecular weight is 294 g/mol. The van der Waals surface area contributed by atoms with Crippen LogP contribution in [0.1, 0.15) is 9.68 Å². The van der Waals surface area contributed by atoms with Gasteiger partial charge >= 0.3 is 0 Å². The Labute approximate surface area is 134 Å². The maximum atomic E-state index is 13.8. The number of anilines is 2. The first-order chi connectivity index (χ1) is 11.9. The Bertz CT molecular complexity index is 858. The molecular weight excluding hydrogens is 273 g/mol. The monoisotopic (exact) mass is 294 g/mol. The Balaban J connectivity index is 2.02. The van der Waals surface area contributed by atoms with Crippen molar-refractivity contribution in [1.82, 2.24) is 0 Å². The Hall–Kier alpha value is -2.61. The molecule has 0 heterocycles. The summed E-state index contributed by atoms with van der Waals surface area (Å²) in [4.78, 5) is 1.92. The molecule has 110 valence electrons. The number of rotatable bonds is 3. The number of aryl methyl sites for hydroxylation is 1. The maximum absolute atomic E-state index is 13.8. The third-order valence-corrected chi connectivity index (χ3v) is 3.66. The van der Waals surface area contributed by atoms with Crippen LogP contribution < -0.4 is 4.90 Å². The molecule has 0 aromatic heterocycles. The third-order valence-electron chi connectivity index (χ3n) is 3.66. The molecule has 0 amide bonds. The molecule has 0 N–H and O–H groups in total. The summed E-state index contributed by atoms with van der Waals surface area (Å²) in [6.07, 6.45) is 0. The van der Waals surface area contributed by atoms with E-state index < -0.39 is 6.85 Å². The van der Waals surface area contributed by atoms with Gasteiger partial charge in [0.15, 0.2) is 0 Å². The standard InChI is InChI=1S/C20H18FN/c1-15-8-11-18(12-9-15)22(2)20-13-10-17(21)14-19(20)16-6-4-3-5-7-16/h3-14H,1-2H3/i1D3. The minimum Gasteiger partial charge on any atom is -0.344 e. The van der Waals surface area contributed by atoms with E-state index in [0.717, 1.165) is 22.5 Å². The number of nitrogens with zero attached hydrogens (tertiary/aromatic N) is 1. The molecule has 0 fully saturated rings. The summed E-state index contributed by atoms with van der Waals surface area (Å²) < 4.78 is 36.2. The molecule has 0 saturated heterocycles. The van der Waals surface area contributed by atoms with Crippen LogP contribution in [-0.2, 0) is 0 Å². The van der Waals surface area contributed by atoms with Gasteiger partial charge in [0.25, 0.3) is 0 Å². The lowest BCUT2D eigenvalue weighted by Crippen LogP contribution is -2.10. The van der Waals surface area contributed by atoms with Crippen molar-refractivity contribution >= 4 is 11.4 Å². The van der Waals surface area contributed by atoms with Crippen molar-refractivity contribution < 1.29 is 8.50 Å². The van der Waals surface area contributed by atoms with E-state index in [9.17, 15) is 4.39 Å². The summed E-state index contributed by atoms with van der Waals surface area (Å²) in [6.45, 7) is -2.12. The van der Waals surface area contributed by atoms with Crippen molar-refractivity contribution in [2.24, 2.45) is 0 Å². The molecule has 0 bridgehead atoms. The topological polar surface area (TPSA) is 3.24 Å². The van der Waals surface area contributed by atoms with Gasteiger partial charge in [-0.15, -0.1) is 0 Å². The van der Waals surface area contributed by atoms with Crippen LogP contribution in [0.2, 0.25) is 0 Å². The fraction of sp³-hybridized carbons (Fsp3) is 0.100. The van der Waals surface area contributed by atoms with Crippen LogP contribution in [-0.4, -0.2) is 7.05 Å². The summed E-state index contributed by atoms with van der Waals surface area (Å²) in [7, 11) is 1.88. The van der Waals surface area contributed by atoms with Gasteiger partial charge < -0.3 is 4.90 Å². The molecule has 3 rings (SSSR count). The Morgan fingerprint density at radius 2 is 1.64 bits per heavy atom. The summed E-state index contributed by atoms with van der Waals surface area (Å²) in [5, 5.41) is 0.